The third kappa shape index (κ3) is 2.74. The average Bonchev–Trinajstić information content (AvgIpc) is 2.99. The number of aromatic nitrogens is 3. The molecule has 0 amide bonds. The number of nitrogens with zero attached hydrogens (tertiary/aromatic N) is 3. The Morgan fingerprint density at radius 3 is 2.77 bits per heavy atom. The maximum absolute atomic E-state index is 11.2. The molecule has 0 saturated heterocycles. The van der Waals surface area contributed by atoms with Gasteiger partial charge in [-0.3, -0.25) is 0 Å². The van der Waals surface area contributed by atoms with Gasteiger partial charge in [0, 0.05) is 12.5 Å². The second-order valence-corrected chi connectivity index (χ2v) is 5.73. The van der Waals surface area contributed by atoms with Crippen molar-refractivity contribution < 1.29 is 9.90 Å². The van der Waals surface area contributed by atoms with Crippen molar-refractivity contribution in [2.24, 2.45) is 5.73 Å². The number of nitrogens with two attached hydrogens (primary N) is 1. The molecule has 2 aromatic rings. The Balaban J connectivity index is 2.05. The Labute approximate surface area is 128 Å². The SMILES string of the molecule is NCc1nnn(-c2cccc(C(=O)O)c2)c1C1CCCCC1. The summed E-state index contributed by atoms with van der Waals surface area (Å²) < 4.78 is 1.77. The van der Waals surface area contributed by atoms with Crippen LogP contribution >= 0.6 is 0 Å². The zero-order valence-corrected chi connectivity index (χ0v) is 12.4. The summed E-state index contributed by atoms with van der Waals surface area (Å²) in [5, 5.41) is 17.6. The maximum Gasteiger partial charge on any atom is 0.335 e. The fourth-order valence-electron chi connectivity index (χ4n) is 3.21. The monoisotopic (exact) mass is 300 g/mol. The summed E-state index contributed by atoms with van der Waals surface area (Å²) in [5.74, 6) is -0.545. The van der Waals surface area contributed by atoms with Crippen molar-refractivity contribution in [1.29, 1.82) is 0 Å². The van der Waals surface area contributed by atoms with Crippen LogP contribution in [0.15, 0.2) is 24.3 Å². The van der Waals surface area contributed by atoms with Gasteiger partial charge in [-0.05, 0) is 31.0 Å². The Morgan fingerprint density at radius 1 is 1.32 bits per heavy atom. The molecule has 3 rings (SSSR count). The van der Waals surface area contributed by atoms with E-state index in [1.807, 2.05) is 6.07 Å². The fraction of sp³-hybridized carbons (Fsp3) is 0.438. The second-order valence-electron chi connectivity index (χ2n) is 5.73. The predicted molar refractivity (Wildman–Crippen MR) is 82.0 cm³/mol. The highest BCUT2D eigenvalue weighted by Gasteiger charge is 2.24. The Kier molecular flexibility index (Phi) is 4.20. The van der Waals surface area contributed by atoms with Crippen molar-refractivity contribution in [3.63, 3.8) is 0 Å². The van der Waals surface area contributed by atoms with Crippen LogP contribution in [0, 0.1) is 0 Å². The molecule has 1 aromatic carbocycles. The lowest BCUT2D eigenvalue weighted by Gasteiger charge is -2.23. The summed E-state index contributed by atoms with van der Waals surface area (Å²) >= 11 is 0. The summed E-state index contributed by atoms with van der Waals surface area (Å²) in [6, 6.07) is 6.79. The third-order valence-electron chi connectivity index (χ3n) is 4.30. The second kappa shape index (κ2) is 6.27. The zero-order valence-electron chi connectivity index (χ0n) is 12.4. The lowest BCUT2D eigenvalue weighted by molar-refractivity contribution is 0.0697. The number of hydrogen-bond acceptors (Lipinski definition) is 4. The molecule has 6 heteroatoms. The number of carboxylic acids is 1. The minimum Gasteiger partial charge on any atom is -0.478 e. The number of carbonyl (C=O) groups is 1. The normalized spacial score (nSPS) is 15.9. The van der Waals surface area contributed by atoms with Crippen molar-refractivity contribution >= 4 is 5.97 Å². The lowest BCUT2D eigenvalue weighted by atomic mass is 9.86. The number of benzene rings is 1. The smallest absolute Gasteiger partial charge is 0.335 e. The van der Waals surface area contributed by atoms with E-state index in [-0.39, 0.29) is 5.56 Å². The molecule has 1 aromatic heterocycles. The van der Waals surface area contributed by atoms with Crippen molar-refractivity contribution in [2.75, 3.05) is 0 Å². The third-order valence-corrected chi connectivity index (χ3v) is 4.30. The van der Waals surface area contributed by atoms with E-state index >= 15 is 0 Å². The van der Waals surface area contributed by atoms with Gasteiger partial charge in [0.2, 0.25) is 0 Å². The molecule has 116 valence electrons. The average molecular weight is 300 g/mol. The first-order valence-electron chi connectivity index (χ1n) is 7.69. The highest BCUT2D eigenvalue weighted by atomic mass is 16.4. The Hall–Kier alpha value is -2.21. The molecule has 0 spiro atoms. The van der Waals surface area contributed by atoms with E-state index in [0.717, 1.165) is 29.9 Å². The minimum atomic E-state index is -0.944. The van der Waals surface area contributed by atoms with Crippen molar-refractivity contribution in [2.45, 2.75) is 44.6 Å². The summed E-state index contributed by atoms with van der Waals surface area (Å²) in [6.07, 6.45) is 5.90. The molecule has 0 unspecified atom stereocenters. The molecule has 0 bridgehead atoms. The number of rotatable bonds is 4. The van der Waals surface area contributed by atoms with E-state index in [1.54, 1.807) is 22.9 Å². The summed E-state index contributed by atoms with van der Waals surface area (Å²) in [4.78, 5) is 11.2. The summed E-state index contributed by atoms with van der Waals surface area (Å²) in [6.45, 7) is 0.352. The topological polar surface area (TPSA) is 94.0 Å². The Morgan fingerprint density at radius 2 is 2.09 bits per heavy atom. The minimum absolute atomic E-state index is 0.247. The van der Waals surface area contributed by atoms with Gasteiger partial charge in [0.25, 0.3) is 0 Å². The van der Waals surface area contributed by atoms with Gasteiger partial charge in [0.1, 0.15) is 5.69 Å². The molecular formula is C16H20N4O2. The Bertz CT molecular complexity index is 675. The number of aromatic carboxylic acids is 1. The molecule has 0 aliphatic heterocycles. The predicted octanol–water partition coefficient (Wildman–Crippen LogP) is 2.47. The van der Waals surface area contributed by atoms with Gasteiger partial charge >= 0.3 is 5.97 Å². The fourth-order valence-corrected chi connectivity index (χ4v) is 3.21. The van der Waals surface area contributed by atoms with Gasteiger partial charge in [-0.15, -0.1) is 5.10 Å². The molecule has 0 atom stereocenters. The van der Waals surface area contributed by atoms with Crippen molar-refractivity contribution in [3.8, 4) is 5.69 Å². The van der Waals surface area contributed by atoms with Gasteiger partial charge in [-0.25, -0.2) is 9.48 Å². The highest BCUT2D eigenvalue weighted by Crippen LogP contribution is 2.34. The molecule has 1 aliphatic carbocycles. The van der Waals surface area contributed by atoms with E-state index < -0.39 is 5.97 Å². The van der Waals surface area contributed by atoms with E-state index in [4.69, 9.17) is 10.8 Å². The first-order valence-corrected chi connectivity index (χ1v) is 7.69. The molecule has 1 aliphatic rings. The lowest BCUT2D eigenvalue weighted by Crippen LogP contribution is -2.14. The van der Waals surface area contributed by atoms with Crippen LogP contribution in [0.1, 0.15) is 59.8 Å². The summed E-state index contributed by atoms with van der Waals surface area (Å²) in [5.41, 5.74) is 8.65. The largest absolute Gasteiger partial charge is 0.478 e. The van der Waals surface area contributed by atoms with Gasteiger partial charge in [-0.2, -0.15) is 0 Å². The zero-order chi connectivity index (χ0) is 15.5. The molecule has 0 radical (unpaired) electrons. The van der Waals surface area contributed by atoms with Gasteiger partial charge < -0.3 is 10.8 Å². The van der Waals surface area contributed by atoms with Crippen LogP contribution in [0.5, 0.6) is 0 Å². The van der Waals surface area contributed by atoms with E-state index in [0.29, 0.717) is 12.5 Å². The molecular weight excluding hydrogens is 280 g/mol. The molecule has 1 saturated carbocycles. The summed E-state index contributed by atoms with van der Waals surface area (Å²) in [7, 11) is 0. The van der Waals surface area contributed by atoms with Gasteiger partial charge in [0.15, 0.2) is 0 Å². The quantitative estimate of drug-likeness (QED) is 0.904. The van der Waals surface area contributed by atoms with E-state index in [2.05, 4.69) is 10.3 Å². The van der Waals surface area contributed by atoms with Crippen LogP contribution in [-0.4, -0.2) is 26.1 Å². The van der Waals surface area contributed by atoms with Crippen molar-refractivity contribution in [3.05, 3.63) is 41.2 Å². The van der Waals surface area contributed by atoms with Gasteiger partial charge in [-0.1, -0.05) is 30.5 Å². The maximum atomic E-state index is 11.2. The van der Waals surface area contributed by atoms with Crippen LogP contribution in [0.4, 0.5) is 0 Å². The van der Waals surface area contributed by atoms with Gasteiger partial charge in [0.05, 0.1) is 16.9 Å². The van der Waals surface area contributed by atoms with Crippen molar-refractivity contribution in [1.82, 2.24) is 15.0 Å². The standard InChI is InChI=1S/C16H20N4O2/c17-10-14-15(11-5-2-1-3-6-11)20(19-18-14)13-8-4-7-12(9-13)16(21)22/h4,7-9,11H,1-3,5-6,10,17H2,(H,21,22). The first kappa shape index (κ1) is 14.7. The molecule has 1 fully saturated rings. The molecule has 6 nitrogen and oxygen atoms in total. The van der Waals surface area contributed by atoms with Crippen LogP contribution in [0.25, 0.3) is 5.69 Å². The molecule has 3 N–H and O–H groups in total. The number of carboxylic acid groups (broad SMARTS) is 1. The van der Waals surface area contributed by atoms with Crippen LogP contribution in [0.3, 0.4) is 0 Å². The molecule has 22 heavy (non-hydrogen) atoms. The number of hydrogen-bond donors (Lipinski definition) is 2. The van der Waals surface area contributed by atoms with Crippen LogP contribution < -0.4 is 5.73 Å². The van der Waals surface area contributed by atoms with Crippen LogP contribution in [0.2, 0.25) is 0 Å². The van der Waals surface area contributed by atoms with E-state index in [1.165, 1.54) is 19.3 Å². The first-order chi connectivity index (χ1) is 10.7. The molecule has 1 heterocycles. The highest BCUT2D eigenvalue weighted by molar-refractivity contribution is 5.88. The van der Waals surface area contributed by atoms with Crippen LogP contribution in [-0.2, 0) is 6.54 Å². The van der Waals surface area contributed by atoms with E-state index in [9.17, 15) is 4.79 Å².